The minimum absolute atomic E-state index is 0.0278. The molecule has 0 aliphatic carbocycles. The molecule has 0 heterocycles. The van der Waals surface area contributed by atoms with Crippen LogP contribution in [-0.4, -0.2) is 42.7 Å². The first-order chi connectivity index (χ1) is 6.63. The summed E-state index contributed by atoms with van der Waals surface area (Å²) >= 11 is 0. The van der Waals surface area contributed by atoms with Crippen molar-refractivity contribution in [1.82, 2.24) is 5.32 Å². The lowest BCUT2D eigenvalue weighted by Crippen LogP contribution is -2.45. The van der Waals surface area contributed by atoms with E-state index in [2.05, 4.69) is 10.1 Å². The van der Waals surface area contributed by atoms with Crippen molar-refractivity contribution in [3.8, 4) is 0 Å². The van der Waals surface area contributed by atoms with E-state index in [0.717, 1.165) is 0 Å². The number of halogens is 3. The first-order valence-electron chi connectivity index (χ1n) is 4.73. The van der Waals surface area contributed by atoms with Gasteiger partial charge in [0, 0.05) is 12.6 Å². The summed E-state index contributed by atoms with van der Waals surface area (Å²) in [7, 11) is 0. The van der Waals surface area contributed by atoms with E-state index in [0.29, 0.717) is 0 Å². The van der Waals surface area contributed by atoms with Gasteiger partial charge in [-0.05, 0) is 20.8 Å². The Balaban J connectivity index is 3.48. The summed E-state index contributed by atoms with van der Waals surface area (Å²) in [6.45, 7) is 4.03. The number of alkyl halides is 3. The van der Waals surface area contributed by atoms with Crippen LogP contribution in [0.3, 0.4) is 0 Å². The maximum atomic E-state index is 11.6. The van der Waals surface area contributed by atoms with Gasteiger partial charge in [-0.3, -0.25) is 0 Å². The first kappa shape index (κ1) is 14.7. The van der Waals surface area contributed by atoms with Crippen LogP contribution in [0.25, 0.3) is 0 Å². The topological polar surface area (TPSA) is 41.5 Å². The Labute approximate surface area is 87.6 Å². The van der Waals surface area contributed by atoms with Gasteiger partial charge in [-0.2, -0.15) is 13.2 Å². The van der Waals surface area contributed by atoms with Crippen LogP contribution in [0, 0.1) is 0 Å². The molecule has 0 aromatic rings. The van der Waals surface area contributed by atoms with Crippen LogP contribution >= 0.6 is 0 Å². The summed E-state index contributed by atoms with van der Waals surface area (Å²) < 4.78 is 39.3. The smallest absolute Gasteiger partial charge is 0.389 e. The predicted octanol–water partition coefficient (Wildman–Crippen LogP) is 1.31. The molecule has 0 aromatic carbocycles. The second-order valence-corrected chi connectivity index (χ2v) is 4.00. The number of ether oxygens (including phenoxy) is 1. The van der Waals surface area contributed by atoms with E-state index in [1.54, 1.807) is 20.8 Å². The van der Waals surface area contributed by atoms with Gasteiger partial charge in [0.05, 0.1) is 12.2 Å². The van der Waals surface area contributed by atoms with Crippen LogP contribution in [0.4, 0.5) is 13.2 Å². The lowest BCUT2D eigenvalue weighted by atomic mass is 10.0. The molecule has 0 rings (SSSR count). The van der Waals surface area contributed by atoms with Crippen molar-refractivity contribution in [3.63, 3.8) is 0 Å². The molecule has 2 N–H and O–H groups in total. The van der Waals surface area contributed by atoms with Crippen molar-refractivity contribution in [2.45, 2.75) is 38.6 Å². The van der Waals surface area contributed by atoms with Gasteiger partial charge >= 0.3 is 6.18 Å². The molecule has 0 aromatic heterocycles. The molecule has 1 atom stereocenters. The van der Waals surface area contributed by atoms with Crippen molar-refractivity contribution in [2.75, 3.05) is 19.8 Å². The molecule has 0 bridgehead atoms. The molecule has 0 saturated heterocycles. The van der Waals surface area contributed by atoms with Crippen molar-refractivity contribution in [1.29, 1.82) is 0 Å². The Kier molecular flexibility index (Phi) is 5.55. The van der Waals surface area contributed by atoms with Crippen LogP contribution in [0.5, 0.6) is 0 Å². The molecule has 92 valence electrons. The monoisotopic (exact) mass is 229 g/mol. The summed E-state index contributed by atoms with van der Waals surface area (Å²) in [5.41, 5.74) is -0.899. The Morgan fingerprint density at radius 1 is 1.33 bits per heavy atom. The standard InChI is InChI=1S/C9H18F3NO2/c1-7(8(2,3)14)13-4-5-15-6-9(10,11)12/h7,13-14H,4-6H2,1-3H3. The molecular formula is C9H18F3NO2. The number of nitrogens with one attached hydrogen (secondary N) is 1. The molecule has 3 nitrogen and oxygen atoms in total. The Morgan fingerprint density at radius 3 is 2.27 bits per heavy atom. The third kappa shape index (κ3) is 8.65. The highest BCUT2D eigenvalue weighted by atomic mass is 19.4. The maximum Gasteiger partial charge on any atom is 0.411 e. The van der Waals surface area contributed by atoms with Gasteiger partial charge in [0.25, 0.3) is 0 Å². The summed E-state index contributed by atoms with van der Waals surface area (Å²) in [6, 6.07) is -0.202. The maximum absolute atomic E-state index is 11.6. The zero-order chi connectivity index (χ0) is 12.1. The van der Waals surface area contributed by atoms with Gasteiger partial charge in [0.15, 0.2) is 0 Å². The van der Waals surface area contributed by atoms with Gasteiger partial charge < -0.3 is 15.2 Å². The lowest BCUT2D eigenvalue weighted by Gasteiger charge is -2.26. The molecule has 0 amide bonds. The first-order valence-corrected chi connectivity index (χ1v) is 4.73. The highest BCUT2D eigenvalue weighted by Gasteiger charge is 2.27. The van der Waals surface area contributed by atoms with Crippen molar-refractivity contribution < 1.29 is 23.0 Å². The Morgan fingerprint density at radius 2 is 1.87 bits per heavy atom. The predicted molar refractivity (Wildman–Crippen MR) is 50.6 cm³/mol. The van der Waals surface area contributed by atoms with Gasteiger partial charge in [-0.15, -0.1) is 0 Å². The summed E-state index contributed by atoms with van der Waals surface area (Å²) in [5, 5.41) is 12.4. The average molecular weight is 229 g/mol. The van der Waals surface area contributed by atoms with Crippen LogP contribution in [0.1, 0.15) is 20.8 Å². The molecule has 0 radical (unpaired) electrons. The van der Waals surface area contributed by atoms with Crippen LogP contribution in [0.2, 0.25) is 0 Å². The summed E-state index contributed by atoms with van der Waals surface area (Å²) in [4.78, 5) is 0. The number of rotatable bonds is 6. The lowest BCUT2D eigenvalue weighted by molar-refractivity contribution is -0.173. The van der Waals surface area contributed by atoms with Gasteiger partial charge in [-0.1, -0.05) is 0 Å². The van der Waals surface area contributed by atoms with E-state index in [1.165, 1.54) is 0 Å². The fourth-order valence-electron chi connectivity index (χ4n) is 0.785. The molecule has 0 aliphatic rings. The van der Waals surface area contributed by atoms with Crippen molar-refractivity contribution in [3.05, 3.63) is 0 Å². The quantitative estimate of drug-likeness (QED) is 0.675. The number of aliphatic hydroxyl groups is 1. The fraction of sp³-hybridized carbons (Fsp3) is 1.00. The van der Waals surface area contributed by atoms with Gasteiger partial charge in [0.1, 0.15) is 6.61 Å². The average Bonchev–Trinajstić information content (AvgIpc) is 1.99. The molecule has 1 unspecified atom stereocenters. The minimum Gasteiger partial charge on any atom is -0.389 e. The molecule has 15 heavy (non-hydrogen) atoms. The highest BCUT2D eigenvalue weighted by molar-refractivity contribution is 4.79. The van der Waals surface area contributed by atoms with Crippen LogP contribution < -0.4 is 5.32 Å². The second-order valence-electron chi connectivity index (χ2n) is 4.00. The van der Waals surface area contributed by atoms with Crippen LogP contribution in [0.15, 0.2) is 0 Å². The molecule has 0 spiro atoms. The summed E-state index contributed by atoms with van der Waals surface area (Å²) in [6.07, 6.45) is -4.28. The highest BCUT2D eigenvalue weighted by Crippen LogP contribution is 2.14. The summed E-state index contributed by atoms with van der Waals surface area (Å²) in [5.74, 6) is 0. The van der Waals surface area contributed by atoms with E-state index >= 15 is 0 Å². The minimum atomic E-state index is -4.28. The Hall–Kier alpha value is -0.330. The van der Waals surface area contributed by atoms with E-state index < -0.39 is 18.4 Å². The molecular weight excluding hydrogens is 211 g/mol. The van der Waals surface area contributed by atoms with E-state index in [-0.39, 0.29) is 19.2 Å². The second kappa shape index (κ2) is 5.67. The third-order valence-corrected chi connectivity index (χ3v) is 2.02. The fourth-order valence-corrected chi connectivity index (χ4v) is 0.785. The van der Waals surface area contributed by atoms with E-state index in [9.17, 15) is 18.3 Å². The third-order valence-electron chi connectivity index (χ3n) is 2.02. The van der Waals surface area contributed by atoms with Gasteiger partial charge in [0.2, 0.25) is 0 Å². The largest absolute Gasteiger partial charge is 0.411 e. The van der Waals surface area contributed by atoms with Crippen LogP contribution in [-0.2, 0) is 4.74 Å². The van der Waals surface area contributed by atoms with E-state index in [4.69, 9.17) is 0 Å². The number of hydrogen-bond donors (Lipinski definition) is 2. The molecule has 0 saturated carbocycles. The molecule has 0 aliphatic heterocycles. The molecule has 0 fully saturated rings. The normalized spacial score (nSPS) is 15.4. The Bertz CT molecular complexity index is 177. The number of hydrogen-bond acceptors (Lipinski definition) is 3. The van der Waals surface area contributed by atoms with Crippen molar-refractivity contribution in [2.24, 2.45) is 0 Å². The van der Waals surface area contributed by atoms with Crippen molar-refractivity contribution >= 4 is 0 Å². The SMILES string of the molecule is CC(NCCOCC(F)(F)F)C(C)(C)O. The molecule has 6 heteroatoms. The zero-order valence-electron chi connectivity index (χ0n) is 9.19. The zero-order valence-corrected chi connectivity index (χ0v) is 9.19. The van der Waals surface area contributed by atoms with Gasteiger partial charge in [-0.25, -0.2) is 0 Å². The van der Waals surface area contributed by atoms with E-state index in [1.807, 2.05) is 0 Å².